The zero-order valence-electron chi connectivity index (χ0n) is 14.3. The van der Waals surface area contributed by atoms with Crippen LogP contribution in [0.3, 0.4) is 0 Å². The van der Waals surface area contributed by atoms with Crippen molar-refractivity contribution in [2.45, 2.75) is 32.7 Å². The molecule has 0 spiro atoms. The minimum Gasteiger partial charge on any atom is -0.486 e. The summed E-state index contributed by atoms with van der Waals surface area (Å²) in [5, 5.41) is 0. The largest absolute Gasteiger partial charge is 0.486 e. The molecule has 4 rings (SSSR count). The molecule has 2 aromatic rings. The van der Waals surface area contributed by atoms with Gasteiger partial charge < -0.3 is 9.47 Å². The third-order valence-electron chi connectivity index (χ3n) is 4.65. The third kappa shape index (κ3) is 3.22. The molecule has 1 fully saturated rings. The van der Waals surface area contributed by atoms with Gasteiger partial charge in [0.1, 0.15) is 19.0 Å². The van der Waals surface area contributed by atoms with Crippen molar-refractivity contribution < 1.29 is 9.47 Å². The van der Waals surface area contributed by atoms with Gasteiger partial charge in [-0.15, -0.1) is 0 Å². The molecule has 1 saturated heterocycles. The summed E-state index contributed by atoms with van der Waals surface area (Å²) in [5.74, 6) is 3.15. The lowest BCUT2D eigenvalue weighted by molar-refractivity contribution is 0.171. The second-order valence-electron chi connectivity index (χ2n) is 6.71. The van der Waals surface area contributed by atoms with Gasteiger partial charge >= 0.3 is 0 Å². The molecule has 126 valence electrons. The first-order valence-electron chi connectivity index (χ1n) is 8.60. The quantitative estimate of drug-likeness (QED) is 0.868. The number of nitrogens with zero attached hydrogens (tertiary/aromatic N) is 3. The zero-order chi connectivity index (χ0) is 16.5. The summed E-state index contributed by atoms with van der Waals surface area (Å²) < 4.78 is 11.3. The molecule has 5 heteroatoms. The van der Waals surface area contributed by atoms with Crippen LogP contribution in [0, 0.1) is 13.8 Å². The predicted octanol–water partition coefficient (Wildman–Crippen LogP) is 2.85. The summed E-state index contributed by atoms with van der Waals surface area (Å²) >= 11 is 0. The summed E-state index contributed by atoms with van der Waals surface area (Å²) in [4.78, 5) is 11.8. The Hall–Kier alpha value is -2.14. The minimum absolute atomic E-state index is 0.431. The van der Waals surface area contributed by atoms with Crippen molar-refractivity contribution in [3.05, 3.63) is 47.0 Å². The molecule has 0 saturated carbocycles. The molecule has 1 aromatic carbocycles. The Bertz CT molecular complexity index is 727. The zero-order valence-corrected chi connectivity index (χ0v) is 14.3. The molecule has 5 nitrogen and oxygen atoms in total. The Kier molecular flexibility index (Phi) is 4.10. The van der Waals surface area contributed by atoms with Crippen LogP contribution in [0.15, 0.2) is 24.3 Å². The molecule has 2 aliphatic heterocycles. The second kappa shape index (κ2) is 6.40. The highest BCUT2D eigenvalue weighted by Gasteiger charge is 2.26. The number of benzene rings is 1. The van der Waals surface area contributed by atoms with E-state index >= 15 is 0 Å². The van der Waals surface area contributed by atoms with Crippen LogP contribution in [0.4, 0.5) is 0 Å². The number of rotatable bonds is 3. The van der Waals surface area contributed by atoms with Gasteiger partial charge in [-0.1, -0.05) is 6.07 Å². The molecule has 0 radical (unpaired) electrons. The number of hydrogen-bond acceptors (Lipinski definition) is 5. The predicted molar refractivity (Wildman–Crippen MR) is 91.6 cm³/mol. The van der Waals surface area contributed by atoms with Gasteiger partial charge in [0.05, 0.1) is 0 Å². The SMILES string of the molecule is Cc1cc(C)nc(C2CCN(Cc3ccc4c(c3)OCCO4)C2)n1. The van der Waals surface area contributed by atoms with Gasteiger partial charge in [0.15, 0.2) is 11.5 Å². The lowest BCUT2D eigenvalue weighted by atomic mass is 10.1. The third-order valence-corrected chi connectivity index (χ3v) is 4.65. The monoisotopic (exact) mass is 325 g/mol. The molecule has 0 bridgehead atoms. The van der Waals surface area contributed by atoms with E-state index in [9.17, 15) is 0 Å². The number of ether oxygens (including phenoxy) is 2. The fraction of sp³-hybridized carbons (Fsp3) is 0.474. The first-order chi connectivity index (χ1) is 11.7. The summed E-state index contributed by atoms with van der Waals surface area (Å²) in [6.45, 7) is 8.37. The van der Waals surface area contributed by atoms with E-state index in [1.165, 1.54) is 5.56 Å². The Morgan fingerprint density at radius 3 is 2.58 bits per heavy atom. The van der Waals surface area contributed by atoms with E-state index in [-0.39, 0.29) is 0 Å². The van der Waals surface area contributed by atoms with Crippen molar-refractivity contribution in [3.63, 3.8) is 0 Å². The maximum atomic E-state index is 5.68. The lowest BCUT2D eigenvalue weighted by Gasteiger charge is -2.21. The highest BCUT2D eigenvalue weighted by atomic mass is 16.6. The molecule has 24 heavy (non-hydrogen) atoms. The topological polar surface area (TPSA) is 47.5 Å². The van der Waals surface area contributed by atoms with Crippen molar-refractivity contribution in [3.8, 4) is 11.5 Å². The minimum atomic E-state index is 0.431. The van der Waals surface area contributed by atoms with Gasteiger partial charge in [-0.2, -0.15) is 0 Å². The first kappa shape index (κ1) is 15.4. The number of fused-ring (bicyclic) bond motifs is 1. The molecule has 0 N–H and O–H groups in total. The van der Waals surface area contributed by atoms with Crippen LogP contribution in [0.2, 0.25) is 0 Å². The van der Waals surface area contributed by atoms with Crippen LogP contribution >= 0.6 is 0 Å². The van der Waals surface area contributed by atoms with Gasteiger partial charge in [-0.25, -0.2) is 9.97 Å². The molecular weight excluding hydrogens is 302 g/mol. The molecule has 1 aromatic heterocycles. The van der Waals surface area contributed by atoms with E-state index in [4.69, 9.17) is 9.47 Å². The highest BCUT2D eigenvalue weighted by molar-refractivity contribution is 5.43. The maximum absolute atomic E-state index is 5.68. The highest BCUT2D eigenvalue weighted by Crippen LogP contribution is 2.32. The van der Waals surface area contributed by atoms with Crippen LogP contribution < -0.4 is 9.47 Å². The van der Waals surface area contributed by atoms with Crippen molar-refractivity contribution >= 4 is 0 Å². The number of hydrogen-bond donors (Lipinski definition) is 0. The summed E-state index contributed by atoms with van der Waals surface area (Å²) in [6, 6.07) is 8.29. The normalized spacial score (nSPS) is 20.3. The number of aromatic nitrogens is 2. The maximum Gasteiger partial charge on any atom is 0.161 e. The van der Waals surface area contributed by atoms with Gasteiger partial charge in [-0.05, 0) is 50.6 Å². The average molecular weight is 325 g/mol. The molecule has 3 heterocycles. The van der Waals surface area contributed by atoms with E-state index in [1.54, 1.807) is 0 Å². The Morgan fingerprint density at radius 1 is 1.04 bits per heavy atom. The number of likely N-dealkylation sites (tertiary alicyclic amines) is 1. The second-order valence-corrected chi connectivity index (χ2v) is 6.71. The van der Waals surface area contributed by atoms with E-state index in [0.717, 1.165) is 54.8 Å². The molecule has 2 aliphatic rings. The van der Waals surface area contributed by atoms with Crippen molar-refractivity contribution in [1.29, 1.82) is 0 Å². The van der Waals surface area contributed by atoms with E-state index in [2.05, 4.69) is 27.0 Å². The van der Waals surface area contributed by atoms with Crippen molar-refractivity contribution in [2.75, 3.05) is 26.3 Å². The lowest BCUT2D eigenvalue weighted by Crippen LogP contribution is -2.21. The Morgan fingerprint density at radius 2 is 1.79 bits per heavy atom. The van der Waals surface area contributed by atoms with Crippen molar-refractivity contribution in [1.82, 2.24) is 14.9 Å². The van der Waals surface area contributed by atoms with Gasteiger partial charge in [0.2, 0.25) is 0 Å². The van der Waals surface area contributed by atoms with Gasteiger partial charge in [0, 0.05) is 30.4 Å². The summed E-state index contributed by atoms with van der Waals surface area (Å²) in [5.41, 5.74) is 3.38. The van der Waals surface area contributed by atoms with Crippen LogP contribution in [0.5, 0.6) is 11.5 Å². The van der Waals surface area contributed by atoms with Gasteiger partial charge in [0.25, 0.3) is 0 Å². The van der Waals surface area contributed by atoms with Crippen LogP contribution in [0.25, 0.3) is 0 Å². The summed E-state index contributed by atoms with van der Waals surface area (Å²) in [7, 11) is 0. The molecule has 0 amide bonds. The summed E-state index contributed by atoms with van der Waals surface area (Å²) in [6.07, 6.45) is 1.12. The fourth-order valence-electron chi connectivity index (χ4n) is 3.57. The molecular formula is C19H23N3O2. The molecule has 0 aliphatic carbocycles. The fourth-order valence-corrected chi connectivity index (χ4v) is 3.57. The van der Waals surface area contributed by atoms with Gasteiger partial charge in [-0.3, -0.25) is 4.90 Å². The van der Waals surface area contributed by atoms with Crippen LogP contribution in [-0.4, -0.2) is 41.2 Å². The van der Waals surface area contributed by atoms with Crippen LogP contribution in [0.1, 0.15) is 35.1 Å². The van der Waals surface area contributed by atoms with E-state index < -0.39 is 0 Å². The smallest absolute Gasteiger partial charge is 0.161 e. The molecule has 1 atom stereocenters. The van der Waals surface area contributed by atoms with E-state index in [1.807, 2.05) is 26.0 Å². The Balaban J connectivity index is 1.43. The van der Waals surface area contributed by atoms with E-state index in [0.29, 0.717) is 19.1 Å². The average Bonchev–Trinajstić information content (AvgIpc) is 3.02. The Labute approximate surface area is 142 Å². The number of aryl methyl sites for hydroxylation is 2. The van der Waals surface area contributed by atoms with Crippen molar-refractivity contribution in [2.24, 2.45) is 0 Å². The molecule has 1 unspecified atom stereocenters. The standard InChI is InChI=1S/C19H23N3O2/c1-13-9-14(2)21-19(20-13)16-5-6-22(12-16)11-15-3-4-17-18(10-15)24-8-7-23-17/h3-4,9-10,16H,5-8,11-12H2,1-2H3. The first-order valence-corrected chi connectivity index (χ1v) is 8.60. The van der Waals surface area contributed by atoms with Crippen LogP contribution in [-0.2, 0) is 6.54 Å².